The molecule has 2 aliphatic heterocycles. The van der Waals surface area contributed by atoms with Gasteiger partial charge in [0.25, 0.3) is 0 Å². The minimum Gasteiger partial charge on any atom is -0.357 e. The second-order valence-corrected chi connectivity index (χ2v) is 7.30. The van der Waals surface area contributed by atoms with Gasteiger partial charge < -0.3 is 15.5 Å². The fraction of sp³-hybridized carbons (Fsp3) is 0.700. The molecule has 2 fully saturated rings. The summed E-state index contributed by atoms with van der Waals surface area (Å²) in [5.74, 6) is 1.99. The molecule has 2 saturated heterocycles. The van der Waals surface area contributed by atoms with Crippen LogP contribution in [0.4, 0.5) is 5.82 Å². The van der Waals surface area contributed by atoms with Crippen molar-refractivity contribution in [1.82, 2.24) is 20.5 Å². The second-order valence-electron chi connectivity index (χ2n) is 7.30. The monoisotopic (exact) mass is 358 g/mol. The van der Waals surface area contributed by atoms with E-state index >= 15 is 0 Å². The Morgan fingerprint density at radius 1 is 1.19 bits per heavy atom. The van der Waals surface area contributed by atoms with Crippen LogP contribution in [0.2, 0.25) is 0 Å². The zero-order chi connectivity index (χ0) is 18.2. The number of hydrogen-bond donors (Lipinski definition) is 2. The van der Waals surface area contributed by atoms with E-state index in [1.807, 2.05) is 13.2 Å². The summed E-state index contributed by atoms with van der Waals surface area (Å²) in [7, 11) is 1.84. The highest BCUT2D eigenvalue weighted by atomic mass is 15.2. The van der Waals surface area contributed by atoms with Crippen molar-refractivity contribution >= 4 is 11.8 Å². The van der Waals surface area contributed by atoms with Crippen molar-refractivity contribution < 1.29 is 0 Å². The Labute approximate surface area is 158 Å². The third-order valence-corrected chi connectivity index (χ3v) is 5.58. The zero-order valence-corrected chi connectivity index (χ0v) is 16.4. The average Bonchev–Trinajstić information content (AvgIpc) is 3.16. The summed E-state index contributed by atoms with van der Waals surface area (Å²) in [6.45, 7) is 8.59. The topological polar surface area (TPSA) is 55.8 Å². The number of hydrogen-bond acceptors (Lipinski definition) is 4. The van der Waals surface area contributed by atoms with Gasteiger partial charge in [0, 0.05) is 45.5 Å². The van der Waals surface area contributed by atoms with Crippen LogP contribution in [-0.4, -0.2) is 61.7 Å². The molecule has 6 heteroatoms. The Morgan fingerprint density at radius 2 is 2.04 bits per heavy atom. The molecular formula is C20H34N6. The molecule has 0 bridgehead atoms. The molecule has 2 aliphatic rings. The fourth-order valence-electron chi connectivity index (χ4n) is 4.03. The summed E-state index contributed by atoms with van der Waals surface area (Å²) in [6, 6.07) is 4.93. The highest BCUT2D eigenvalue weighted by molar-refractivity contribution is 5.79. The van der Waals surface area contributed by atoms with Gasteiger partial charge in [-0.15, -0.1) is 0 Å². The molecule has 0 radical (unpaired) electrons. The number of rotatable bonds is 6. The molecule has 6 nitrogen and oxygen atoms in total. The molecule has 1 unspecified atom stereocenters. The molecule has 1 atom stereocenters. The van der Waals surface area contributed by atoms with E-state index in [-0.39, 0.29) is 0 Å². The molecule has 0 aromatic carbocycles. The van der Waals surface area contributed by atoms with Crippen LogP contribution >= 0.6 is 0 Å². The van der Waals surface area contributed by atoms with Crippen LogP contribution in [0.25, 0.3) is 0 Å². The van der Waals surface area contributed by atoms with Crippen molar-refractivity contribution in [3.05, 3.63) is 23.9 Å². The zero-order valence-electron chi connectivity index (χ0n) is 16.4. The van der Waals surface area contributed by atoms with Crippen molar-refractivity contribution in [1.29, 1.82) is 0 Å². The highest BCUT2D eigenvalue weighted by Crippen LogP contribution is 2.18. The summed E-state index contributed by atoms with van der Waals surface area (Å²) in [6.07, 6.45) is 8.40. The maximum Gasteiger partial charge on any atom is 0.191 e. The number of aromatic nitrogens is 1. The Hall–Kier alpha value is -1.82. The van der Waals surface area contributed by atoms with E-state index in [1.165, 1.54) is 44.2 Å². The smallest absolute Gasteiger partial charge is 0.191 e. The quantitative estimate of drug-likeness (QED) is 0.603. The van der Waals surface area contributed by atoms with Crippen LogP contribution in [0.15, 0.2) is 23.3 Å². The average molecular weight is 359 g/mol. The standard InChI is InChI=1S/C20H34N6/c1-3-25-13-7-8-18(25)16-24-20(21-2)23-15-17-9-10-22-19(14-17)26-11-5-4-6-12-26/h9-10,14,18H,3-8,11-13,15-16H2,1-2H3,(H2,21,23,24). The Morgan fingerprint density at radius 3 is 2.81 bits per heavy atom. The van der Waals surface area contributed by atoms with Gasteiger partial charge >= 0.3 is 0 Å². The van der Waals surface area contributed by atoms with E-state index in [4.69, 9.17) is 0 Å². The van der Waals surface area contributed by atoms with Gasteiger partial charge in [0.1, 0.15) is 5.82 Å². The van der Waals surface area contributed by atoms with Crippen molar-refractivity contribution in [2.45, 2.75) is 51.6 Å². The molecule has 2 N–H and O–H groups in total. The summed E-state index contributed by atoms with van der Waals surface area (Å²) < 4.78 is 0. The third kappa shape index (κ3) is 5.10. The van der Waals surface area contributed by atoms with Crippen LogP contribution in [-0.2, 0) is 6.54 Å². The van der Waals surface area contributed by atoms with Crippen LogP contribution in [0, 0.1) is 0 Å². The number of likely N-dealkylation sites (N-methyl/N-ethyl adjacent to an activating group) is 1. The molecule has 3 heterocycles. The Kier molecular flexibility index (Phi) is 7.12. The second kappa shape index (κ2) is 9.76. The van der Waals surface area contributed by atoms with E-state index in [2.05, 4.69) is 49.5 Å². The van der Waals surface area contributed by atoms with Gasteiger partial charge in [0.05, 0.1) is 0 Å². The lowest BCUT2D eigenvalue weighted by Gasteiger charge is -2.28. The number of likely N-dealkylation sites (tertiary alicyclic amines) is 1. The van der Waals surface area contributed by atoms with E-state index in [0.29, 0.717) is 6.04 Å². The van der Waals surface area contributed by atoms with Gasteiger partial charge in [-0.2, -0.15) is 0 Å². The minimum atomic E-state index is 0.630. The molecule has 0 saturated carbocycles. The number of piperidine rings is 1. The molecule has 0 aliphatic carbocycles. The van der Waals surface area contributed by atoms with Crippen LogP contribution < -0.4 is 15.5 Å². The first-order valence-corrected chi connectivity index (χ1v) is 10.2. The number of aliphatic imine (C=N–C) groups is 1. The van der Waals surface area contributed by atoms with E-state index in [1.54, 1.807) is 0 Å². The molecule has 0 amide bonds. The van der Waals surface area contributed by atoms with Crippen molar-refractivity contribution in [2.24, 2.45) is 4.99 Å². The molecule has 0 spiro atoms. The Bertz CT molecular complexity index is 581. The van der Waals surface area contributed by atoms with Gasteiger partial charge in [-0.05, 0) is 62.9 Å². The van der Waals surface area contributed by atoms with Crippen LogP contribution in [0.1, 0.15) is 44.6 Å². The van der Waals surface area contributed by atoms with Crippen molar-refractivity contribution in [3.8, 4) is 0 Å². The largest absolute Gasteiger partial charge is 0.357 e. The maximum absolute atomic E-state index is 4.56. The number of pyridine rings is 1. The van der Waals surface area contributed by atoms with Gasteiger partial charge in [-0.25, -0.2) is 4.98 Å². The maximum atomic E-state index is 4.56. The predicted octanol–water partition coefficient (Wildman–Crippen LogP) is 2.22. The number of guanidine groups is 1. The number of anilines is 1. The summed E-state index contributed by atoms with van der Waals surface area (Å²) in [4.78, 5) is 13.9. The molecule has 144 valence electrons. The normalized spacial score (nSPS) is 21.8. The number of nitrogens with one attached hydrogen (secondary N) is 2. The van der Waals surface area contributed by atoms with Crippen molar-refractivity contribution in [2.75, 3.05) is 44.7 Å². The predicted molar refractivity (Wildman–Crippen MR) is 109 cm³/mol. The summed E-state index contributed by atoms with van der Waals surface area (Å²) in [5.41, 5.74) is 1.25. The lowest BCUT2D eigenvalue weighted by atomic mass is 10.1. The van der Waals surface area contributed by atoms with Crippen LogP contribution in [0.5, 0.6) is 0 Å². The molecular weight excluding hydrogens is 324 g/mol. The first kappa shape index (κ1) is 19.0. The molecule has 26 heavy (non-hydrogen) atoms. The minimum absolute atomic E-state index is 0.630. The third-order valence-electron chi connectivity index (χ3n) is 5.58. The van der Waals surface area contributed by atoms with Crippen LogP contribution in [0.3, 0.4) is 0 Å². The SMILES string of the molecule is CCN1CCCC1CNC(=NC)NCc1ccnc(N2CCCCC2)c1. The first-order valence-electron chi connectivity index (χ1n) is 10.2. The lowest BCUT2D eigenvalue weighted by molar-refractivity contribution is 0.267. The highest BCUT2D eigenvalue weighted by Gasteiger charge is 2.22. The van der Waals surface area contributed by atoms with E-state index < -0.39 is 0 Å². The summed E-state index contributed by atoms with van der Waals surface area (Å²) >= 11 is 0. The molecule has 1 aromatic rings. The first-order chi connectivity index (χ1) is 12.8. The lowest BCUT2D eigenvalue weighted by Crippen LogP contribution is -2.44. The van der Waals surface area contributed by atoms with E-state index in [9.17, 15) is 0 Å². The number of nitrogens with zero attached hydrogens (tertiary/aromatic N) is 4. The van der Waals surface area contributed by atoms with E-state index in [0.717, 1.165) is 44.5 Å². The van der Waals surface area contributed by atoms with Crippen molar-refractivity contribution in [3.63, 3.8) is 0 Å². The van der Waals surface area contributed by atoms with Gasteiger partial charge in [0.2, 0.25) is 0 Å². The summed E-state index contributed by atoms with van der Waals surface area (Å²) in [5, 5.41) is 6.94. The molecule has 3 rings (SSSR count). The van der Waals surface area contributed by atoms with Gasteiger partial charge in [-0.1, -0.05) is 6.92 Å². The van der Waals surface area contributed by atoms with Gasteiger partial charge in [0.15, 0.2) is 5.96 Å². The van der Waals surface area contributed by atoms with Gasteiger partial charge in [-0.3, -0.25) is 9.89 Å². The molecule has 1 aromatic heterocycles. The Balaban J connectivity index is 1.49. The fourth-order valence-corrected chi connectivity index (χ4v) is 4.03.